The smallest absolute Gasteiger partial charge is 0.243 e. The second kappa shape index (κ2) is 5.03. The van der Waals surface area contributed by atoms with Crippen LogP contribution in [0.5, 0.6) is 5.88 Å². The molecule has 2 heterocycles. The molecule has 1 aliphatic rings. The number of carbonyl (C=O) groups is 1. The minimum Gasteiger partial charge on any atom is -0.479 e. The van der Waals surface area contributed by atoms with Crippen LogP contribution in [-0.4, -0.2) is 36.0 Å². The van der Waals surface area contributed by atoms with E-state index in [2.05, 4.69) is 15.3 Å². The van der Waals surface area contributed by atoms with Gasteiger partial charge in [-0.3, -0.25) is 4.79 Å². The topological polar surface area (TPSA) is 64.1 Å². The van der Waals surface area contributed by atoms with E-state index in [4.69, 9.17) is 4.74 Å². The maximum Gasteiger partial charge on any atom is 0.243 e. The van der Waals surface area contributed by atoms with E-state index >= 15 is 0 Å². The van der Waals surface area contributed by atoms with Crippen LogP contribution in [-0.2, 0) is 0 Å². The molecule has 1 aromatic rings. The Labute approximate surface area is 94.2 Å². The summed E-state index contributed by atoms with van der Waals surface area (Å²) in [5.41, 5.74) is 0.346. The third kappa shape index (κ3) is 2.19. The molecule has 0 bridgehead atoms. The molecule has 1 fully saturated rings. The number of hydrogen-bond acceptors (Lipinski definition) is 5. The van der Waals surface area contributed by atoms with E-state index in [0.29, 0.717) is 11.6 Å². The molecule has 5 nitrogen and oxygen atoms in total. The van der Waals surface area contributed by atoms with Gasteiger partial charge in [0.25, 0.3) is 0 Å². The summed E-state index contributed by atoms with van der Waals surface area (Å²) in [5.74, 6) is 0.342. The molecule has 1 unspecified atom stereocenters. The molecule has 1 atom stereocenters. The molecular formula is C11H15N3O2. The quantitative estimate of drug-likeness (QED) is 0.760. The predicted molar refractivity (Wildman–Crippen MR) is 58.5 cm³/mol. The zero-order valence-electron chi connectivity index (χ0n) is 9.27. The van der Waals surface area contributed by atoms with Gasteiger partial charge in [0.15, 0.2) is 11.5 Å². The van der Waals surface area contributed by atoms with Gasteiger partial charge in [0.1, 0.15) is 0 Å². The second-order valence-corrected chi connectivity index (χ2v) is 3.82. The molecular weight excluding hydrogens is 206 g/mol. The Morgan fingerprint density at radius 2 is 2.31 bits per heavy atom. The van der Waals surface area contributed by atoms with Gasteiger partial charge in [-0.1, -0.05) is 0 Å². The molecule has 86 valence electrons. The van der Waals surface area contributed by atoms with Gasteiger partial charge in [-0.2, -0.15) is 0 Å². The Kier molecular flexibility index (Phi) is 3.46. The van der Waals surface area contributed by atoms with Crippen molar-refractivity contribution in [3.63, 3.8) is 0 Å². The van der Waals surface area contributed by atoms with Crippen molar-refractivity contribution in [1.29, 1.82) is 0 Å². The van der Waals surface area contributed by atoms with Gasteiger partial charge >= 0.3 is 0 Å². The van der Waals surface area contributed by atoms with Crippen molar-refractivity contribution >= 4 is 5.78 Å². The number of piperidine rings is 1. The molecule has 0 spiro atoms. The Morgan fingerprint density at radius 1 is 1.50 bits per heavy atom. The molecule has 1 saturated heterocycles. The fraction of sp³-hybridized carbons (Fsp3) is 0.545. The summed E-state index contributed by atoms with van der Waals surface area (Å²) in [6.45, 7) is 1.71. The van der Waals surface area contributed by atoms with Gasteiger partial charge in [0.2, 0.25) is 5.88 Å². The molecule has 16 heavy (non-hydrogen) atoms. The van der Waals surface area contributed by atoms with Crippen LogP contribution >= 0.6 is 0 Å². The van der Waals surface area contributed by atoms with Crippen molar-refractivity contribution in [2.24, 2.45) is 5.92 Å². The number of ketones is 1. The van der Waals surface area contributed by atoms with Crippen molar-refractivity contribution in [2.45, 2.75) is 12.8 Å². The lowest BCUT2D eigenvalue weighted by Crippen LogP contribution is -2.34. The van der Waals surface area contributed by atoms with E-state index < -0.39 is 0 Å². The van der Waals surface area contributed by atoms with E-state index in [0.717, 1.165) is 25.9 Å². The first-order valence-electron chi connectivity index (χ1n) is 5.43. The number of rotatable bonds is 3. The number of carbonyl (C=O) groups excluding carboxylic acids is 1. The zero-order valence-corrected chi connectivity index (χ0v) is 9.27. The molecule has 0 radical (unpaired) electrons. The van der Waals surface area contributed by atoms with Gasteiger partial charge in [-0.05, 0) is 19.4 Å². The Bertz CT molecular complexity index is 375. The average Bonchev–Trinajstić information content (AvgIpc) is 2.39. The Balaban J connectivity index is 2.19. The van der Waals surface area contributed by atoms with E-state index in [9.17, 15) is 4.79 Å². The Morgan fingerprint density at radius 3 is 3.00 bits per heavy atom. The van der Waals surface area contributed by atoms with Crippen molar-refractivity contribution in [3.8, 4) is 5.88 Å². The van der Waals surface area contributed by atoms with E-state index in [-0.39, 0.29) is 11.7 Å². The molecule has 2 rings (SSSR count). The lowest BCUT2D eigenvalue weighted by molar-refractivity contribution is 0.0890. The van der Waals surface area contributed by atoms with Crippen molar-refractivity contribution in [1.82, 2.24) is 15.3 Å². The van der Waals surface area contributed by atoms with Crippen LogP contribution in [0.15, 0.2) is 12.4 Å². The van der Waals surface area contributed by atoms with Crippen molar-refractivity contribution in [3.05, 3.63) is 18.1 Å². The highest BCUT2D eigenvalue weighted by Crippen LogP contribution is 2.20. The maximum atomic E-state index is 12.2. The first-order valence-corrected chi connectivity index (χ1v) is 5.43. The summed E-state index contributed by atoms with van der Waals surface area (Å²) in [4.78, 5) is 20.2. The highest BCUT2D eigenvalue weighted by molar-refractivity contribution is 5.98. The van der Waals surface area contributed by atoms with Crippen molar-refractivity contribution < 1.29 is 9.53 Å². The predicted octanol–water partition coefficient (Wildman–Crippen LogP) is 0.667. The van der Waals surface area contributed by atoms with Crippen LogP contribution in [0.4, 0.5) is 0 Å². The minimum absolute atomic E-state index is 0.000602. The summed E-state index contributed by atoms with van der Waals surface area (Å²) in [6.07, 6.45) is 4.98. The average molecular weight is 221 g/mol. The Hall–Kier alpha value is -1.49. The van der Waals surface area contributed by atoms with Crippen LogP contribution < -0.4 is 10.1 Å². The summed E-state index contributed by atoms with van der Waals surface area (Å²) in [7, 11) is 1.50. The fourth-order valence-electron chi connectivity index (χ4n) is 1.91. The number of nitrogens with zero attached hydrogens (tertiary/aromatic N) is 2. The number of hydrogen-bond donors (Lipinski definition) is 1. The minimum atomic E-state index is -0.000602. The highest BCUT2D eigenvalue weighted by atomic mass is 16.5. The molecule has 0 saturated carbocycles. The van der Waals surface area contributed by atoms with E-state index in [1.807, 2.05) is 0 Å². The summed E-state index contributed by atoms with van der Waals surface area (Å²) in [6, 6.07) is 0. The number of methoxy groups -OCH3 is 1. The van der Waals surface area contributed by atoms with Gasteiger partial charge < -0.3 is 10.1 Å². The largest absolute Gasteiger partial charge is 0.479 e. The van der Waals surface area contributed by atoms with Gasteiger partial charge in [0, 0.05) is 24.9 Å². The van der Waals surface area contributed by atoms with Gasteiger partial charge in [0.05, 0.1) is 7.11 Å². The van der Waals surface area contributed by atoms with E-state index in [1.165, 1.54) is 19.5 Å². The molecule has 0 amide bonds. The number of ether oxygens (including phenoxy) is 1. The van der Waals surface area contributed by atoms with Crippen molar-refractivity contribution in [2.75, 3.05) is 20.2 Å². The molecule has 0 aliphatic carbocycles. The van der Waals surface area contributed by atoms with E-state index in [1.54, 1.807) is 0 Å². The maximum absolute atomic E-state index is 12.2. The first-order chi connectivity index (χ1) is 7.83. The summed E-state index contributed by atoms with van der Waals surface area (Å²) in [5, 5.41) is 3.21. The summed E-state index contributed by atoms with van der Waals surface area (Å²) < 4.78 is 5.04. The standard InChI is InChI=1S/C11H15N3O2/c1-16-11-9(13-5-6-14-11)10(15)8-3-2-4-12-7-8/h5-6,8,12H,2-4,7H2,1H3. The third-order valence-corrected chi connectivity index (χ3v) is 2.76. The lowest BCUT2D eigenvalue weighted by Gasteiger charge is -2.21. The van der Waals surface area contributed by atoms with Gasteiger partial charge in [-0.15, -0.1) is 0 Å². The normalized spacial score (nSPS) is 20.4. The molecule has 0 aromatic carbocycles. The third-order valence-electron chi connectivity index (χ3n) is 2.76. The fourth-order valence-corrected chi connectivity index (χ4v) is 1.91. The molecule has 1 N–H and O–H groups in total. The number of Topliss-reactive ketones (excluding diaryl/α,β-unsaturated/α-hetero) is 1. The molecule has 1 aliphatic heterocycles. The van der Waals surface area contributed by atoms with Crippen LogP contribution in [0.1, 0.15) is 23.3 Å². The molecule has 5 heteroatoms. The lowest BCUT2D eigenvalue weighted by atomic mass is 9.93. The highest BCUT2D eigenvalue weighted by Gasteiger charge is 2.26. The first kappa shape index (κ1) is 11.0. The monoisotopic (exact) mass is 221 g/mol. The van der Waals surface area contributed by atoms with Crippen LogP contribution in [0, 0.1) is 5.92 Å². The summed E-state index contributed by atoms with van der Waals surface area (Å²) >= 11 is 0. The SMILES string of the molecule is COc1nccnc1C(=O)C1CCCNC1. The zero-order chi connectivity index (χ0) is 11.4. The number of nitrogens with one attached hydrogen (secondary N) is 1. The second-order valence-electron chi connectivity index (χ2n) is 3.82. The van der Waals surface area contributed by atoms with Gasteiger partial charge in [-0.25, -0.2) is 9.97 Å². The van der Waals surface area contributed by atoms with Crippen LogP contribution in [0.25, 0.3) is 0 Å². The van der Waals surface area contributed by atoms with Crippen LogP contribution in [0.3, 0.4) is 0 Å². The number of aromatic nitrogens is 2. The van der Waals surface area contributed by atoms with Crippen LogP contribution in [0.2, 0.25) is 0 Å². The molecule has 1 aromatic heterocycles.